The molecule has 0 aromatic carbocycles. The van der Waals surface area contributed by atoms with E-state index in [-0.39, 0.29) is 0 Å². The Labute approximate surface area is 115 Å². The summed E-state index contributed by atoms with van der Waals surface area (Å²) in [5.41, 5.74) is 1.05. The van der Waals surface area contributed by atoms with E-state index in [1.165, 1.54) is 45.2 Å². The average molecular weight is 263 g/mol. The lowest BCUT2D eigenvalue weighted by molar-refractivity contribution is 0.150. The Morgan fingerprint density at radius 1 is 1.42 bits per heavy atom. The summed E-state index contributed by atoms with van der Waals surface area (Å²) in [6.45, 7) is 6.49. The fraction of sp³-hybridized carbons (Fsp3) is 0.800. The lowest BCUT2D eigenvalue weighted by Crippen LogP contribution is -2.34. The maximum absolute atomic E-state index is 5.46. The molecule has 1 atom stereocenters. The topological polar surface area (TPSA) is 41.3 Å². The summed E-state index contributed by atoms with van der Waals surface area (Å²) in [6.07, 6.45) is 6.64. The van der Waals surface area contributed by atoms with E-state index in [2.05, 4.69) is 28.4 Å². The van der Waals surface area contributed by atoms with Gasteiger partial charge in [0.15, 0.2) is 5.76 Å². The van der Waals surface area contributed by atoms with E-state index in [0.717, 1.165) is 36.5 Å². The summed E-state index contributed by atoms with van der Waals surface area (Å²) in [6, 6.07) is 2.85. The van der Waals surface area contributed by atoms with Crippen LogP contribution in [0.1, 0.15) is 50.5 Å². The van der Waals surface area contributed by atoms with Gasteiger partial charge in [-0.05, 0) is 38.1 Å². The SMILES string of the molecule is CCC1CCCN(Cc2cc(CNC3CC3)no2)C1. The molecule has 2 fully saturated rings. The fourth-order valence-electron chi connectivity index (χ4n) is 2.90. The Morgan fingerprint density at radius 2 is 2.32 bits per heavy atom. The van der Waals surface area contributed by atoms with Gasteiger partial charge in [0, 0.05) is 25.2 Å². The minimum Gasteiger partial charge on any atom is -0.360 e. The highest BCUT2D eigenvalue weighted by Gasteiger charge is 2.22. The molecule has 0 radical (unpaired) electrons. The summed E-state index contributed by atoms with van der Waals surface area (Å²) in [7, 11) is 0. The van der Waals surface area contributed by atoms with Crippen molar-refractivity contribution in [2.45, 2.75) is 58.2 Å². The van der Waals surface area contributed by atoms with Crippen molar-refractivity contribution >= 4 is 0 Å². The largest absolute Gasteiger partial charge is 0.360 e. The van der Waals surface area contributed by atoms with Crippen molar-refractivity contribution in [2.75, 3.05) is 13.1 Å². The van der Waals surface area contributed by atoms with Crippen molar-refractivity contribution in [3.8, 4) is 0 Å². The first kappa shape index (κ1) is 13.1. The molecule has 1 saturated heterocycles. The Bertz CT molecular complexity index is 400. The molecule has 0 bridgehead atoms. The quantitative estimate of drug-likeness (QED) is 0.856. The molecule has 1 N–H and O–H groups in total. The molecule has 0 amide bonds. The summed E-state index contributed by atoms with van der Waals surface area (Å²) >= 11 is 0. The van der Waals surface area contributed by atoms with Gasteiger partial charge in [-0.3, -0.25) is 4.90 Å². The Balaban J connectivity index is 1.48. The molecule has 1 saturated carbocycles. The highest BCUT2D eigenvalue weighted by atomic mass is 16.5. The fourth-order valence-corrected chi connectivity index (χ4v) is 2.90. The van der Waals surface area contributed by atoms with Gasteiger partial charge in [-0.2, -0.15) is 0 Å². The zero-order valence-electron chi connectivity index (χ0n) is 11.9. The molecule has 1 aromatic heterocycles. The Hall–Kier alpha value is -0.870. The van der Waals surface area contributed by atoms with E-state index >= 15 is 0 Å². The van der Waals surface area contributed by atoms with E-state index in [1.807, 2.05) is 0 Å². The minimum atomic E-state index is 0.729. The number of likely N-dealkylation sites (tertiary alicyclic amines) is 1. The molecule has 3 rings (SSSR count). The third kappa shape index (κ3) is 3.80. The monoisotopic (exact) mass is 263 g/mol. The highest BCUT2D eigenvalue weighted by Crippen LogP contribution is 2.21. The summed E-state index contributed by atoms with van der Waals surface area (Å²) in [5, 5.41) is 7.63. The van der Waals surface area contributed by atoms with Gasteiger partial charge < -0.3 is 9.84 Å². The van der Waals surface area contributed by atoms with Gasteiger partial charge in [0.1, 0.15) is 0 Å². The molecule has 0 spiro atoms. The molecule has 1 aliphatic carbocycles. The van der Waals surface area contributed by atoms with Crippen LogP contribution in [0.25, 0.3) is 0 Å². The van der Waals surface area contributed by atoms with Crippen molar-refractivity contribution in [1.82, 2.24) is 15.4 Å². The van der Waals surface area contributed by atoms with Gasteiger partial charge in [0.25, 0.3) is 0 Å². The number of piperidine rings is 1. The van der Waals surface area contributed by atoms with Crippen LogP contribution in [0, 0.1) is 5.92 Å². The van der Waals surface area contributed by atoms with Crippen molar-refractivity contribution in [3.63, 3.8) is 0 Å². The molecule has 19 heavy (non-hydrogen) atoms. The molecule has 106 valence electrons. The molecule has 2 heterocycles. The van der Waals surface area contributed by atoms with Crippen molar-refractivity contribution < 1.29 is 4.52 Å². The van der Waals surface area contributed by atoms with E-state index in [1.54, 1.807) is 0 Å². The van der Waals surface area contributed by atoms with Crippen LogP contribution < -0.4 is 5.32 Å². The normalized spacial score (nSPS) is 24.8. The standard InChI is InChI=1S/C15H25N3O/c1-2-12-4-3-7-18(10-12)11-15-8-14(17-19-15)9-16-13-5-6-13/h8,12-13,16H,2-7,9-11H2,1H3. The summed E-state index contributed by atoms with van der Waals surface area (Å²) in [5.74, 6) is 1.89. The van der Waals surface area contributed by atoms with E-state index in [0.29, 0.717) is 0 Å². The molecule has 1 unspecified atom stereocenters. The first-order chi connectivity index (χ1) is 9.33. The van der Waals surface area contributed by atoms with Gasteiger partial charge >= 0.3 is 0 Å². The molecular weight excluding hydrogens is 238 g/mol. The lowest BCUT2D eigenvalue weighted by atomic mass is 9.96. The predicted octanol–water partition coefficient (Wildman–Crippen LogP) is 2.55. The van der Waals surface area contributed by atoms with E-state index in [9.17, 15) is 0 Å². The van der Waals surface area contributed by atoms with Crippen LogP contribution >= 0.6 is 0 Å². The maximum Gasteiger partial charge on any atom is 0.151 e. The zero-order valence-corrected chi connectivity index (χ0v) is 11.9. The number of nitrogens with one attached hydrogen (secondary N) is 1. The van der Waals surface area contributed by atoms with Crippen molar-refractivity contribution in [1.29, 1.82) is 0 Å². The predicted molar refractivity (Wildman–Crippen MR) is 74.7 cm³/mol. The number of hydrogen-bond donors (Lipinski definition) is 1. The van der Waals surface area contributed by atoms with Crippen LogP contribution in [0.4, 0.5) is 0 Å². The number of nitrogens with zero attached hydrogens (tertiary/aromatic N) is 2. The molecule has 1 aromatic rings. The van der Waals surface area contributed by atoms with Gasteiger partial charge in [-0.1, -0.05) is 18.5 Å². The third-order valence-electron chi connectivity index (χ3n) is 4.32. The van der Waals surface area contributed by atoms with Crippen LogP contribution in [-0.2, 0) is 13.1 Å². The molecular formula is C15H25N3O. The van der Waals surface area contributed by atoms with Crippen LogP contribution in [0.2, 0.25) is 0 Å². The second-order valence-electron chi connectivity index (χ2n) is 6.09. The third-order valence-corrected chi connectivity index (χ3v) is 4.32. The summed E-state index contributed by atoms with van der Waals surface area (Å²) in [4.78, 5) is 2.51. The van der Waals surface area contributed by atoms with Gasteiger partial charge in [-0.15, -0.1) is 0 Å². The number of rotatable bonds is 6. The van der Waals surface area contributed by atoms with Crippen LogP contribution in [0.15, 0.2) is 10.6 Å². The first-order valence-corrected chi connectivity index (χ1v) is 7.73. The second-order valence-corrected chi connectivity index (χ2v) is 6.09. The van der Waals surface area contributed by atoms with Gasteiger partial charge in [0.05, 0.1) is 12.2 Å². The molecule has 4 nitrogen and oxygen atoms in total. The van der Waals surface area contributed by atoms with E-state index < -0.39 is 0 Å². The van der Waals surface area contributed by atoms with Gasteiger partial charge in [0.2, 0.25) is 0 Å². The van der Waals surface area contributed by atoms with Gasteiger partial charge in [-0.25, -0.2) is 0 Å². The number of hydrogen-bond acceptors (Lipinski definition) is 4. The van der Waals surface area contributed by atoms with Crippen LogP contribution in [0.3, 0.4) is 0 Å². The highest BCUT2D eigenvalue weighted by molar-refractivity contribution is 5.06. The first-order valence-electron chi connectivity index (χ1n) is 7.73. The molecule has 2 aliphatic rings. The lowest BCUT2D eigenvalue weighted by Gasteiger charge is -2.31. The Kier molecular flexibility index (Phi) is 4.18. The van der Waals surface area contributed by atoms with Crippen molar-refractivity contribution in [2.24, 2.45) is 5.92 Å². The van der Waals surface area contributed by atoms with E-state index in [4.69, 9.17) is 4.52 Å². The maximum atomic E-state index is 5.46. The average Bonchev–Trinajstić information content (AvgIpc) is 3.17. The molecule has 4 heteroatoms. The Morgan fingerprint density at radius 3 is 3.11 bits per heavy atom. The van der Waals surface area contributed by atoms with Crippen molar-refractivity contribution in [3.05, 3.63) is 17.5 Å². The number of aromatic nitrogens is 1. The summed E-state index contributed by atoms with van der Waals surface area (Å²) < 4.78 is 5.46. The van der Waals surface area contributed by atoms with Crippen LogP contribution in [0.5, 0.6) is 0 Å². The zero-order chi connectivity index (χ0) is 13.1. The second kappa shape index (κ2) is 6.06. The van der Waals surface area contributed by atoms with Crippen LogP contribution in [-0.4, -0.2) is 29.2 Å². The smallest absolute Gasteiger partial charge is 0.151 e. The molecule has 1 aliphatic heterocycles. The minimum absolute atomic E-state index is 0.729.